The van der Waals surface area contributed by atoms with E-state index in [0.29, 0.717) is 18.5 Å². The lowest BCUT2D eigenvalue weighted by molar-refractivity contribution is -0.118. The van der Waals surface area contributed by atoms with Crippen molar-refractivity contribution in [2.24, 2.45) is 0 Å². The van der Waals surface area contributed by atoms with Gasteiger partial charge in [-0.2, -0.15) is 5.10 Å². The number of alkyl carbamates (subject to hydrolysis) is 1. The van der Waals surface area contributed by atoms with E-state index in [1.165, 1.54) is 18.2 Å². The van der Waals surface area contributed by atoms with Crippen LogP contribution in [0.2, 0.25) is 0 Å². The van der Waals surface area contributed by atoms with Crippen LogP contribution >= 0.6 is 0 Å². The third kappa shape index (κ3) is 5.44. The normalized spacial score (nSPS) is 21.0. The molecule has 1 aromatic carbocycles. The van der Waals surface area contributed by atoms with Crippen LogP contribution in [-0.4, -0.2) is 51.8 Å². The Morgan fingerprint density at radius 2 is 2.15 bits per heavy atom. The highest BCUT2D eigenvalue weighted by atomic mass is 16.6. The molecule has 2 atom stereocenters. The summed E-state index contributed by atoms with van der Waals surface area (Å²) in [7, 11) is 0. The Kier molecular flexibility index (Phi) is 6.52. The minimum Gasteiger partial charge on any atom is -0.507 e. The first kappa shape index (κ1) is 22.6. The summed E-state index contributed by atoms with van der Waals surface area (Å²) >= 11 is 0. The second kappa shape index (κ2) is 9.51. The van der Waals surface area contributed by atoms with E-state index in [1.54, 1.807) is 6.07 Å². The zero-order valence-electron chi connectivity index (χ0n) is 18.4. The largest absolute Gasteiger partial charge is 0.507 e. The fraction of sp³-hybridized carbons (Fsp3) is 0.478. The lowest BCUT2D eigenvalue weighted by atomic mass is 9.79. The quantitative estimate of drug-likeness (QED) is 0.447. The zero-order valence-corrected chi connectivity index (χ0v) is 18.4. The van der Waals surface area contributed by atoms with Gasteiger partial charge in [0.05, 0.1) is 5.56 Å². The number of aromatic hydroxyl groups is 1. The Bertz CT molecular complexity index is 1030. The molecule has 2 amide bonds. The van der Waals surface area contributed by atoms with Crippen molar-refractivity contribution in [3.05, 3.63) is 35.5 Å². The number of nitrogens with zero attached hydrogens (tertiary/aromatic N) is 1. The number of hydrogen-bond donors (Lipinski definition) is 4. The van der Waals surface area contributed by atoms with Crippen LogP contribution < -0.4 is 15.4 Å². The molecule has 0 radical (unpaired) electrons. The number of nitrogens with one attached hydrogen (secondary N) is 3. The first-order chi connectivity index (χ1) is 15.8. The van der Waals surface area contributed by atoms with E-state index >= 15 is 0 Å². The van der Waals surface area contributed by atoms with E-state index in [4.69, 9.17) is 9.47 Å². The maximum absolute atomic E-state index is 12.2. The Labute approximate surface area is 191 Å². The predicted octanol–water partition coefficient (Wildman–Crippen LogP) is 3.25. The van der Waals surface area contributed by atoms with Crippen LogP contribution in [0.1, 0.15) is 67.4 Å². The van der Waals surface area contributed by atoms with Crippen LogP contribution in [0.3, 0.4) is 0 Å². The van der Waals surface area contributed by atoms with Crippen LogP contribution in [0.4, 0.5) is 10.6 Å². The van der Waals surface area contributed by atoms with E-state index in [2.05, 4.69) is 20.8 Å². The molecule has 4 rings (SSSR count). The number of anilines is 1. The highest BCUT2D eigenvalue weighted by molar-refractivity contribution is 5.91. The molecule has 176 valence electrons. The number of aromatic amines is 1. The van der Waals surface area contributed by atoms with Crippen LogP contribution in [0, 0.1) is 0 Å². The van der Waals surface area contributed by atoms with Gasteiger partial charge in [-0.1, -0.05) is 6.07 Å². The number of amides is 2. The summed E-state index contributed by atoms with van der Waals surface area (Å²) in [5, 5.41) is 22.3. The molecule has 10 heteroatoms. The molecule has 10 nitrogen and oxygen atoms in total. The molecule has 0 saturated heterocycles. The highest BCUT2D eigenvalue weighted by Gasteiger charge is 2.35. The first-order valence-electron chi connectivity index (χ1n) is 11.1. The monoisotopic (exact) mass is 456 g/mol. The summed E-state index contributed by atoms with van der Waals surface area (Å²) in [5.74, 6) is -0.0465. The molecule has 33 heavy (non-hydrogen) atoms. The first-order valence-corrected chi connectivity index (χ1v) is 11.1. The number of ether oxygens (including phenoxy) is 2. The second-order valence-corrected chi connectivity index (χ2v) is 8.93. The van der Waals surface area contributed by atoms with Gasteiger partial charge in [0.2, 0.25) is 0 Å². The lowest BCUT2D eigenvalue weighted by Gasteiger charge is -2.38. The van der Waals surface area contributed by atoms with Crippen molar-refractivity contribution in [2.45, 2.75) is 63.0 Å². The van der Waals surface area contributed by atoms with Gasteiger partial charge in [-0.15, -0.1) is 0 Å². The van der Waals surface area contributed by atoms with Crippen LogP contribution in [-0.2, 0) is 9.53 Å². The van der Waals surface area contributed by atoms with Gasteiger partial charge < -0.3 is 25.2 Å². The summed E-state index contributed by atoms with van der Waals surface area (Å²) in [5.41, 5.74) is 0.714. The highest BCUT2D eigenvalue weighted by Crippen LogP contribution is 2.36. The van der Waals surface area contributed by atoms with E-state index < -0.39 is 5.91 Å². The third-order valence-electron chi connectivity index (χ3n) is 6.34. The second-order valence-electron chi connectivity index (χ2n) is 8.93. The SMILES string of the molecule is CC1(NC(=O)O[C@@H]2CC[C@H](c3cc(NC(=O)COc4cccc(O)c4C=O)n[nH]3)C2)CCC1. The number of hydrogen-bond acceptors (Lipinski definition) is 7. The number of phenols is 1. The molecule has 0 bridgehead atoms. The van der Waals surface area contributed by atoms with Crippen LogP contribution in [0.25, 0.3) is 0 Å². The minimum absolute atomic E-state index is 0.0131. The molecule has 0 unspecified atom stereocenters. The van der Waals surface area contributed by atoms with Gasteiger partial charge in [-0.3, -0.25) is 14.7 Å². The van der Waals surface area contributed by atoms with E-state index in [1.807, 2.05) is 6.92 Å². The van der Waals surface area contributed by atoms with Crippen molar-refractivity contribution in [3.63, 3.8) is 0 Å². The maximum atomic E-state index is 12.2. The number of carbonyl (C=O) groups is 3. The van der Waals surface area contributed by atoms with Crippen molar-refractivity contribution >= 4 is 24.1 Å². The number of aldehydes is 1. The Morgan fingerprint density at radius 1 is 1.33 bits per heavy atom. The number of H-pyrrole nitrogens is 1. The number of carbonyl (C=O) groups excluding carboxylic acids is 3. The van der Waals surface area contributed by atoms with Gasteiger partial charge in [0.15, 0.2) is 18.7 Å². The van der Waals surface area contributed by atoms with Crippen molar-refractivity contribution < 1.29 is 29.0 Å². The maximum Gasteiger partial charge on any atom is 0.407 e. The van der Waals surface area contributed by atoms with Gasteiger partial charge in [0.1, 0.15) is 17.6 Å². The summed E-state index contributed by atoms with van der Waals surface area (Å²) < 4.78 is 10.9. The summed E-state index contributed by atoms with van der Waals surface area (Å²) in [6.45, 7) is 1.69. The van der Waals surface area contributed by atoms with Gasteiger partial charge >= 0.3 is 6.09 Å². The molecular weight excluding hydrogens is 428 g/mol. The summed E-state index contributed by atoms with van der Waals surface area (Å²) in [6.07, 6.45) is 5.36. The van der Waals surface area contributed by atoms with Gasteiger partial charge in [-0.05, 0) is 57.6 Å². The molecule has 2 aromatic rings. The standard InChI is InChI=1S/C23H28N4O6/c1-23(8-3-9-23)25-22(31)33-15-7-6-14(10-15)17-11-20(27-26-17)24-21(30)13-32-19-5-2-4-18(29)16(19)12-28/h2,4-5,11-12,14-15,29H,3,6-10,13H2,1H3,(H,25,31)(H2,24,26,27,30)/t14-,15+/m0/s1. The molecule has 4 N–H and O–H groups in total. The summed E-state index contributed by atoms with van der Waals surface area (Å²) in [6, 6.07) is 6.13. The average Bonchev–Trinajstić information content (AvgIpc) is 3.40. The number of phenolic OH excluding ortho intramolecular Hbond substituents is 1. The van der Waals surface area contributed by atoms with Gasteiger partial charge in [0, 0.05) is 23.2 Å². The van der Waals surface area contributed by atoms with Gasteiger partial charge in [0.25, 0.3) is 5.91 Å². The van der Waals surface area contributed by atoms with E-state index in [-0.39, 0.29) is 47.3 Å². The van der Waals surface area contributed by atoms with Crippen molar-refractivity contribution in [2.75, 3.05) is 11.9 Å². The summed E-state index contributed by atoms with van der Waals surface area (Å²) in [4.78, 5) is 35.5. The molecule has 2 fully saturated rings. The predicted molar refractivity (Wildman–Crippen MR) is 118 cm³/mol. The lowest BCUT2D eigenvalue weighted by Crippen LogP contribution is -2.51. The van der Waals surface area contributed by atoms with Crippen molar-refractivity contribution in [1.29, 1.82) is 0 Å². The van der Waals surface area contributed by atoms with Crippen molar-refractivity contribution in [3.8, 4) is 11.5 Å². The Hall–Kier alpha value is -3.56. The van der Waals surface area contributed by atoms with E-state index in [9.17, 15) is 19.5 Å². The molecule has 2 saturated carbocycles. The van der Waals surface area contributed by atoms with E-state index in [0.717, 1.165) is 37.8 Å². The number of benzene rings is 1. The smallest absolute Gasteiger partial charge is 0.407 e. The zero-order chi connectivity index (χ0) is 23.4. The average molecular weight is 456 g/mol. The van der Waals surface area contributed by atoms with Crippen LogP contribution in [0.15, 0.2) is 24.3 Å². The molecular formula is C23H28N4O6. The molecule has 1 heterocycles. The van der Waals surface area contributed by atoms with Crippen LogP contribution in [0.5, 0.6) is 11.5 Å². The number of aromatic nitrogens is 2. The fourth-order valence-corrected chi connectivity index (χ4v) is 4.30. The topological polar surface area (TPSA) is 143 Å². The Balaban J connectivity index is 1.24. The van der Waals surface area contributed by atoms with Crippen molar-refractivity contribution in [1.82, 2.24) is 15.5 Å². The minimum atomic E-state index is -0.456. The molecule has 1 aromatic heterocycles. The molecule has 2 aliphatic carbocycles. The number of rotatable bonds is 8. The molecule has 0 spiro atoms. The Morgan fingerprint density at radius 3 is 2.88 bits per heavy atom. The molecule has 2 aliphatic rings. The fourth-order valence-electron chi connectivity index (χ4n) is 4.30. The van der Waals surface area contributed by atoms with Gasteiger partial charge in [-0.25, -0.2) is 4.79 Å². The molecule has 0 aliphatic heterocycles. The third-order valence-corrected chi connectivity index (χ3v) is 6.34.